The van der Waals surface area contributed by atoms with Crippen molar-refractivity contribution in [2.75, 3.05) is 7.11 Å². The highest BCUT2D eigenvalue weighted by Gasteiger charge is 2.30. The summed E-state index contributed by atoms with van der Waals surface area (Å²) in [6.45, 7) is 0.995. The van der Waals surface area contributed by atoms with Crippen LogP contribution in [0.15, 0.2) is 48.7 Å². The molecule has 0 unspecified atom stereocenters. The highest BCUT2D eigenvalue weighted by atomic mass is 16.5. The molecule has 1 fully saturated rings. The first kappa shape index (κ1) is 17.2. The van der Waals surface area contributed by atoms with Crippen LogP contribution in [-0.2, 0) is 17.9 Å². The summed E-state index contributed by atoms with van der Waals surface area (Å²) in [6.07, 6.45) is 3.14. The Morgan fingerprint density at radius 3 is 2.72 bits per heavy atom. The predicted octanol–water partition coefficient (Wildman–Crippen LogP) is 2.64. The number of alkyl carbamates (subject to hydrolysis) is 1. The lowest BCUT2D eigenvalue weighted by Gasteiger charge is -2.36. The van der Waals surface area contributed by atoms with E-state index in [4.69, 9.17) is 9.47 Å². The summed E-state index contributed by atoms with van der Waals surface area (Å²) < 4.78 is 10.5. The Morgan fingerprint density at radius 2 is 1.96 bits per heavy atom. The summed E-state index contributed by atoms with van der Waals surface area (Å²) >= 11 is 0. The van der Waals surface area contributed by atoms with E-state index in [1.165, 1.54) is 0 Å². The Labute approximate surface area is 147 Å². The van der Waals surface area contributed by atoms with E-state index in [-0.39, 0.29) is 12.1 Å². The molecule has 0 atom stereocenters. The van der Waals surface area contributed by atoms with Gasteiger partial charge in [-0.2, -0.15) is 0 Å². The van der Waals surface area contributed by atoms with E-state index in [1.54, 1.807) is 13.3 Å². The van der Waals surface area contributed by atoms with Crippen LogP contribution < -0.4 is 15.4 Å². The van der Waals surface area contributed by atoms with Crippen molar-refractivity contribution in [3.8, 4) is 5.88 Å². The second-order valence-corrected chi connectivity index (χ2v) is 6.12. The number of pyridine rings is 1. The van der Waals surface area contributed by atoms with Crippen molar-refractivity contribution >= 4 is 6.09 Å². The smallest absolute Gasteiger partial charge is 0.407 e. The van der Waals surface area contributed by atoms with Crippen molar-refractivity contribution in [2.45, 2.75) is 38.1 Å². The van der Waals surface area contributed by atoms with Gasteiger partial charge in [0.15, 0.2) is 0 Å². The Morgan fingerprint density at radius 1 is 1.16 bits per heavy atom. The number of nitrogens with one attached hydrogen (secondary N) is 2. The Balaban J connectivity index is 1.33. The molecule has 1 aromatic carbocycles. The summed E-state index contributed by atoms with van der Waals surface area (Å²) in [5.41, 5.74) is 2.01. The molecule has 1 saturated carbocycles. The van der Waals surface area contributed by atoms with E-state index in [0.717, 1.165) is 24.0 Å². The number of rotatable bonds is 7. The zero-order chi connectivity index (χ0) is 17.5. The molecule has 0 radical (unpaired) electrons. The van der Waals surface area contributed by atoms with E-state index in [2.05, 4.69) is 15.6 Å². The zero-order valence-corrected chi connectivity index (χ0v) is 14.3. The maximum absolute atomic E-state index is 11.8. The normalized spacial score (nSPS) is 18.9. The van der Waals surface area contributed by atoms with E-state index in [9.17, 15) is 4.79 Å². The van der Waals surface area contributed by atoms with Gasteiger partial charge < -0.3 is 20.1 Å². The first-order valence-corrected chi connectivity index (χ1v) is 8.43. The molecule has 1 heterocycles. The van der Waals surface area contributed by atoms with Crippen LogP contribution in [-0.4, -0.2) is 30.3 Å². The fraction of sp³-hybridized carbons (Fsp3) is 0.368. The van der Waals surface area contributed by atoms with Gasteiger partial charge in [0.2, 0.25) is 5.88 Å². The molecule has 0 saturated heterocycles. The third-order valence-electron chi connectivity index (χ3n) is 4.30. The molecule has 6 nitrogen and oxygen atoms in total. The Bertz CT molecular complexity index is 687. The molecule has 1 aromatic heterocycles. The van der Waals surface area contributed by atoms with Gasteiger partial charge in [0.25, 0.3) is 0 Å². The molecule has 6 heteroatoms. The number of carbonyl (C=O) groups excluding carboxylic acids is 1. The summed E-state index contributed by atoms with van der Waals surface area (Å²) in [5, 5.41) is 6.36. The molecular formula is C19H23N3O3. The van der Waals surface area contributed by atoms with Gasteiger partial charge >= 0.3 is 6.09 Å². The average molecular weight is 341 g/mol. The minimum absolute atomic E-state index is 0.163. The molecule has 1 aliphatic carbocycles. The second-order valence-electron chi connectivity index (χ2n) is 6.12. The summed E-state index contributed by atoms with van der Waals surface area (Å²) in [4.78, 5) is 16.0. The third-order valence-corrected chi connectivity index (χ3v) is 4.30. The largest absolute Gasteiger partial charge is 0.481 e. The van der Waals surface area contributed by atoms with Crippen molar-refractivity contribution in [1.82, 2.24) is 15.6 Å². The monoisotopic (exact) mass is 341 g/mol. The standard InChI is InChI=1S/C19H23N3O3/c1-24-18-15(8-5-9-20-18)12-21-16-10-17(11-16)22-19(23)25-13-14-6-3-2-4-7-14/h2-9,16-17,21H,10-13H2,1H3,(H,22,23). The Kier molecular flexibility index (Phi) is 5.85. The number of aromatic nitrogens is 1. The predicted molar refractivity (Wildman–Crippen MR) is 94.2 cm³/mol. The average Bonchev–Trinajstić information content (AvgIpc) is 2.63. The molecule has 132 valence electrons. The molecule has 3 rings (SSSR count). The van der Waals surface area contributed by atoms with Gasteiger partial charge in [-0.3, -0.25) is 0 Å². The molecule has 2 N–H and O–H groups in total. The molecule has 0 spiro atoms. The number of benzene rings is 1. The quantitative estimate of drug-likeness (QED) is 0.810. The highest BCUT2D eigenvalue weighted by molar-refractivity contribution is 5.67. The number of hydrogen-bond donors (Lipinski definition) is 2. The number of hydrogen-bond acceptors (Lipinski definition) is 5. The van der Waals surface area contributed by atoms with Crippen molar-refractivity contribution in [3.63, 3.8) is 0 Å². The van der Waals surface area contributed by atoms with Crippen LogP contribution in [0.5, 0.6) is 5.88 Å². The van der Waals surface area contributed by atoms with Crippen LogP contribution in [0.2, 0.25) is 0 Å². The molecule has 1 amide bonds. The highest BCUT2D eigenvalue weighted by Crippen LogP contribution is 2.22. The van der Waals surface area contributed by atoms with Crippen molar-refractivity contribution in [2.24, 2.45) is 0 Å². The maximum atomic E-state index is 11.8. The Hall–Kier alpha value is -2.60. The summed E-state index contributed by atoms with van der Waals surface area (Å²) in [6, 6.07) is 14.1. The van der Waals surface area contributed by atoms with Gasteiger partial charge in [-0.1, -0.05) is 36.4 Å². The lowest BCUT2D eigenvalue weighted by Crippen LogP contribution is -2.52. The molecular weight excluding hydrogens is 318 g/mol. The molecule has 25 heavy (non-hydrogen) atoms. The van der Waals surface area contributed by atoms with Crippen LogP contribution in [0.3, 0.4) is 0 Å². The van der Waals surface area contributed by atoms with Crippen molar-refractivity contribution < 1.29 is 14.3 Å². The minimum atomic E-state index is -0.360. The van der Waals surface area contributed by atoms with Crippen molar-refractivity contribution in [3.05, 3.63) is 59.8 Å². The van der Waals surface area contributed by atoms with Gasteiger partial charge in [0.1, 0.15) is 6.61 Å². The second kappa shape index (κ2) is 8.48. The van der Waals surface area contributed by atoms with Gasteiger partial charge in [-0.15, -0.1) is 0 Å². The van der Waals surface area contributed by atoms with Gasteiger partial charge in [0, 0.05) is 30.4 Å². The van der Waals surface area contributed by atoms with E-state index >= 15 is 0 Å². The van der Waals surface area contributed by atoms with E-state index < -0.39 is 0 Å². The van der Waals surface area contributed by atoms with E-state index in [0.29, 0.717) is 25.1 Å². The fourth-order valence-corrected chi connectivity index (χ4v) is 2.83. The zero-order valence-electron chi connectivity index (χ0n) is 14.3. The number of ether oxygens (including phenoxy) is 2. The number of carbonyl (C=O) groups is 1. The third kappa shape index (κ3) is 4.93. The fourth-order valence-electron chi connectivity index (χ4n) is 2.83. The van der Waals surface area contributed by atoms with E-state index in [1.807, 2.05) is 42.5 Å². The first-order valence-electron chi connectivity index (χ1n) is 8.43. The summed E-state index contributed by atoms with van der Waals surface area (Å²) in [5.74, 6) is 0.647. The molecule has 0 bridgehead atoms. The molecule has 2 aromatic rings. The SMILES string of the molecule is COc1ncccc1CNC1CC(NC(=O)OCc2ccccc2)C1. The first-order chi connectivity index (χ1) is 12.2. The van der Waals surface area contributed by atoms with Crippen LogP contribution in [0.25, 0.3) is 0 Å². The summed E-state index contributed by atoms with van der Waals surface area (Å²) in [7, 11) is 1.62. The molecule has 1 aliphatic rings. The number of amides is 1. The van der Waals surface area contributed by atoms with Gasteiger partial charge in [-0.25, -0.2) is 9.78 Å². The van der Waals surface area contributed by atoms with Crippen molar-refractivity contribution in [1.29, 1.82) is 0 Å². The van der Waals surface area contributed by atoms with Crippen LogP contribution in [0.1, 0.15) is 24.0 Å². The van der Waals surface area contributed by atoms with Gasteiger partial charge in [-0.05, 0) is 24.5 Å². The maximum Gasteiger partial charge on any atom is 0.407 e. The topological polar surface area (TPSA) is 72.5 Å². The minimum Gasteiger partial charge on any atom is -0.481 e. The van der Waals surface area contributed by atoms with Gasteiger partial charge in [0.05, 0.1) is 7.11 Å². The number of methoxy groups -OCH3 is 1. The van der Waals surface area contributed by atoms with Crippen LogP contribution >= 0.6 is 0 Å². The molecule has 0 aliphatic heterocycles. The van der Waals surface area contributed by atoms with Crippen LogP contribution in [0, 0.1) is 0 Å². The number of nitrogens with zero attached hydrogens (tertiary/aromatic N) is 1. The lowest BCUT2D eigenvalue weighted by molar-refractivity contribution is 0.125. The van der Waals surface area contributed by atoms with Crippen LogP contribution in [0.4, 0.5) is 4.79 Å². The lowest BCUT2D eigenvalue weighted by atomic mass is 9.87.